The molecular formula is C27H29F3N2O. The van der Waals surface area contributed by atoms with E-state index in [2.05, 4.69) is 17.2 Å². The van der Waals surface area contributed by atoms with Gasteiger partial charge in [0.15, 0.2) is 0 Å². The molecule has 0 saturated heterocycles. The van der Waals surface area contributed by atoms with E-state index >= 15 is 0 Å². The summed E-state index contributed by atoms with van der Waals surface area (Å²) in [4.78, 5) is 0. The summed E-state index contributed by atoms with van der Waals surface area (Å²) in [5.74, 6) is 0.783. The summed E-state index contributed by atoms with van der Waals surface area (Å²) >= 11 is 0. The molecule has 2 N–H and O–H groups in total. The number of alkyl halides is 3. The van der Waals surface area contributed by atoms with Gasteiger partial charge in [-0.1, -0.05) is 61.2 Å². The van der Waals surface area contributed by atoms with E-state index in [0.717, 1.165) is 46.7 Å². The number of ether oxygens (including phenoxy) is 1. The maximum absolute atomic E-state index is 13.1. The van der Waals surface area contributed by atoms with Crippen molar-refractivity contribution in [3.8, 4) is 5.75 Å². The Bertz CT molecular complexity index is 1020. The molecular weight excluding hydrogens is 425 g/mol. The Hall–Kier alpha value is -3.25. The van der Waals surface area contributed by atoms with Gasteiger partial charge in [0.25, 0.3) is 0 Å². The van der Waals surface area contributed by atoms with Crippen molar-refractivity contribution in [3.63, 3.8) is 0 Å². The van der Waals surface area contributed by atoms with E-state index in [9.17, 15) is 13.2 Å². The lowest BCUT2D eigenvalue weighted by molar-refractivity contribution is -0.137. The first-order valence-corrected chi connectivity index (χ1v) is 10.8. The second kappa shape index (κ2) is 11.1. The number of likely N-dealkylation sites (N-methyl/N-ethyl adjacent to an activating group) is 1. The van der Waals surface area contributed by atoms with Gasteiger partial charge >= 0.3 is 6.18 Å². The summed E-state index contributed by atoms with van der Waals surface area (Å²) in [7, 11) is 3.43. The van der Waals surface area contributed by atoms with Gasteiger partial charge in [0.2, 0.25) is 0 Å². The lowest BCUT2D eigenvalue weighted by Gasteiger charge is -2.28. The van der Waals surface area contributed by atoms with Crippen molar-refractivity contribution in [1.29, 1.82) is 0 Å². The van der Waals surface area contributed by atoms with E-state index in [4.69, 9.17) is 4.74 Å². The Labute approximate surface area is 193 Å². The van der Waals surface area contributed by atoms with Crippen LogP contribution in [0.1, 0.15) is 40.8 Å². The number of methoxy groups -OCH3 is 1. The molecule has 0 amide bonds. The standard InChI is InChI=1S/C27H29F3N2O/c1-19(31-2)26(22-7-5-4-6-8-22)32-25(18-11-20-9-16-24(33-3)17-10-20)21-12-14-23(15-13-21)27(28,29)30/h4-10,12-17,25-26,31-32H,1,11,18H2,2-3H3. The molecule has 0 aliphatic carbocycles. The molecule has 3 rings (SSSR count). The molecule has 0 bridgehead atoms. The first-order valence-electron chi connectivity index (χ1n) is 10.8. The largest absolute Gasteiger partial charge is 0.497 e. The highest BCUT2D eigenvalue weighted by Gasteiger charge is 2.30. The van der Waals surface area contributed by atoms with Crippen LogP contribution in [-0.4, -0.2) is 14.2 Å². The van der Waals surface area contributed by atoms with Gasteiger partial charge in [-0.3, -0.25) is 5.32 Å². The molecule has 33 heavy (non-hydrogen) atoms. The molecule has 3 aromatic carbocycles. The lowest BCUT2D eigenvalue weighted by atomic mass is 9.95. The van der Waals surface area contributed by atoms with Gasteiger partial charge in [-0.05, 0) is 53.8 Å². The number of hydrogen-bond donors (Lipinski definition) is 2. The van der Waals surface area contributed by atoms with Crippen LogP contribution >= 0.6 is 0 Å². The fourth-order valence-electron chi connectivity index (χ4n) is 3.74. The van der Waals surface area contributed by atoms with Crippen molar-refractivity contribution in [1.82, 2.24) is 10.6 Å². The Kier molecular flexibility index (Phi) is 8.17. The molecule has 0 fully saturated rings. The highest BCUT2D eigenvalue weighted by atomic mass is 19.4. The number of aryl methyl sites for hydroxylation is 1. The number of hydrogen-bond acceptors (Lipinski definition) is 3. The third-order valence-corrected chi connectivity index (χ3v) is 5.69. The van der Waals surface area contributed by atoms with Gasteiger partial charge in [-0.25, -0.2) is 0 Å². The summed E-state index contributed by atoms with van der Waals surface area (Å²) in [5.41, 5.74) is 3.07. The average Bonchev–Trinajstić information content (AvgIpc) is 2.84. The fourth-order valence-corrected chi connectivity index (χ4v) is 3.74. The molecule has 0 heterocycles. The topological polar surface area (TPSA) is 33.3 Å². The quantitative estimate of drug-likeness (QED) is 0.369. The highest BCUT2D eigenvalue weighted by Crippen LogP contribution is 2.32. The number of halogens is 3. The Morgan fingerprint density at radius 2 is 1.55 bits per heavy atom. The average molecular weight is 455 g/mol. The summed E-state index contributed by atoms with van der Waals surface area (Å²) in [6.45, 7) is 4.14. The molecule has 0 radical (unpaired) electrons. The van der Waals surface area contributed by atoms with Crippen molar-refractivity contribution in [2.45, 2.75) is 31.1 Å². The van der Waals surface area contributed by atoms with E-state index < -0.39 is 11.7 Å². The van der Waals surface area contributed by atoms with Crippen LogP contribution in [0.2, 0.25) is 0 Å². The van der Waals surface area contributed by atoms with E-state index in [1.54, 1.807) is 19.2 Å². The van der Waals surface area contributed by atoms with Crippen LogP contribution in [0, 0.1) is 0 Å². The van der Waals surface area contributed by atoms with Gasteiger partial charge in [0, 0.05) is 18.8 Å². The SMILES string of the molecule is C=C(NC)C(NC(CCc1ccc(OC)cc1)c1ccc(C(F)(F)F)cc1)c1ccccc1. The second-order valence-corrected chi connectivity index (χ2v) is 7.84. The summed E-state index contributed by atoms with van der Waals surface area (Å²) in [6, 6.07) is 22.7. The molecule has 2 unspecified atom stereocenters. The van der Waals surface area contributed by atoms with Crippen LogP contribution in [0.25, 0.3) is 0 Å². The van der Waals surface area contributed by atoms with E-state index in [-0.39, 0.29) is 12.1 Å². The van der Waals surface area contributed by atoms with Crippen molar-refractivity contribution in [2.75, 3.05) is 14.2 Å². The molecule has 0 spiro atoms. The molecule has 174 valence electrons. The molecule has 0 aliphatic rings. The number of rotatable bonds is 10. The minimum absolute atomic E-state index is 0.190. The molecule has 6 heteroatoms. The second-order valence-electron chi connectivity index (χ2n) is 7.84. The van der Waals surface area contributed by atoms with Crippen molar-refractivity contribution >= 4 is 0 Å². The van der Waals surface area contributed by atoms with Crippen LogP contribution < -0.4 is 15.4 Å². The Balaban J connectivity index is 1.88. The van der Waals surface area contributed by atoms with Gasteiger partial charge < -0.3 is 10.1 Å². The maximum atomic E-state index is 13.1. The van der Waals surface area contributed by atoms with Crippen LogP contribution in [-0.2, 0) is 12.6 Å². The lowest BCUT2D eigenvalue weighted by Crippen LogP contribution is -2.31. The monoisotopic (exact) mass is 454 g/mol. The number of benzene rings is 3. The van der Waals surface area contributed by atoms with Gasteiger partial charge in [0.05, 0.1) is 18.7 Å². The Morgan fingerprint density at radius 1 is 0.909 bits per heavy atom. The summed E-state index contributed by atoms with van der Waals surface area (Å²) < 4.78 is 44.5. The van der Waals surface area contributed by atoms with Crippen LogP contribution in [0.3, 0.4) is 0 Å². The zero-order valence-corrected chi connectivity index (χ0v) is 18.8. The molecule has 3 nitrogen and oxygen atoms in total. The summed E-state index contributed by atoms with van der Waals surface area (Å²) in [6.07, 6.45) is -2.92. The van der Waals surface area contributed by atoms with Crippen LogP contribution in [0.4, 0.5) is 13.2 Å². The Morgan fingerprint density at radius 3 is 2.09 bits per heavy atom. The van der Waals surface area contributed by atoms with Crippen molar-refractivity contribution in [2.24, 2.45) is 0 Å². The van der Waals surface area contributed by atoms with Crippen molar-refractivity contribution < 1.29 is 17.9 Å². The summed E-state index contributed by atoms with van der Waals surface area (Å²) in [5, 5.41) is 6.74. The smallest absolute Gasteiger partial charge is 0.416 e. The van der Waals surface area contributed by atoms with Crippen LogP contribution in [0.15, 0.2) is 91.1 Å². The first kappa shape index (κ1) is 24.4. The van der Waals surface area contributed by atoms with E-state index in [1.807, 2.05) is 61.6 Å². The van der Waals surface area contributed by atoms with Gasteiger partial charge in [-0.15, -0.1) is 0 Å². The molecule has 3 aromatic rings. The molecule has 0 aliphatic heterocycles. The minimum Gasteiger partial charge on any atom is -0.497 e. The molecule has 0 aromatic heterocycles. The fraction of sp³-hybridized carbons (Fsp3) is 0.259. The minimum atomic E-state index is -4.36. The molecule has 2 atom stereocenters. The highest BCUT2D eigenvalue weighted by molar-refractivity contribution is 5.31. The van der Waals surface area contributed by atoms with Gasteiger partial charge in [-0.2, -0.15) is 13.2 Å². The van der Waals surface area contributed by atoms with E-state index in [0.29, 0.717) is 6.42 Å². The third-order valence-electron chi connectivity index (χ3n) is 5.69. The predicted molar refractivity (Wildman–Crippen MR) is 126 cm³/mol. The predicted octanol–water partition coefficient (Wildman–Crippen LogP) is 6.45. The number of nitrogens with one attached hydrogen (secondary N) is 2. The first-order chi connectivity index (χ1) is 15.8. The zero-order valence-electron chi connectivity index (χ0n) is 18.8. The van der Waals surface area contributed by atoms with Crippen molar-refractivity contribution in [3.05, 3.63) is 113 Å². The molecule has 0 saturated carbocycles. The zero-order chi connectivity index (χ0) is 23.8. The van der Waals surface area contributed by atoms with E-state index in [1.165, 1.54) is 0 Å². The third kappa shape index (κ3) is 6.62. The normalized spacial score (nSPS) is 13.2. The van der Waals surface area contributed by atoms with Crippen LogP contribution in [0.5, 0.6) is 5.75 Å². The maximum Gasteiger partial charge on any atom is 0.416 e. The van der Waals surface area contributed by atoms with Gasteiger partial charge in [0.1, 0.15) is 5.75 Å².